The molecule has 1 atom stereocenters. The first-order chi connectivity index (χ1) is 7.27. The molecule has 0 saturated carbocycles. The highest BCUT2D eigenvalue weighted by atomic mass is 35.5. The number of hydrogen-bond donors (Lipinski definition) is 1. The van der Waals surface area contributed by atoms with E-state index in [1.54, 1.807) is 6.20 Å². The van der Waals surface area contributed by atoms with Gasteiger partial charge in [0.2, 0.25) is 5.28 Å². The summed E-state index contributed by atoms with van der Waals surface area (Å²) in [6.07, 6.45) is 4.11. The van der Waals surface area contributed by atoms with Crippen LogP contribution in [0.5, 0.6) is 0 Å². The molecule has 1 aliphatic rings. The number of halogens is 1. The molecule has 1 saturated heterocycles. The molecule has 0 spiro atoms. The van der Waals surface area contributed by atoms with Crippen molar-refractivity contribution in [2.24, 2.45) is 0 Å². The normalized spacial score (nSPS) is 21.3. The molecule has 5 heteroatoms. The van der Waals surface area contributed by atoms with E-state index in [-0.39, 0.29) is 0 Å². The predicted molar refractivity (Wildman–Crippen MR) is 61.3 cm³/mol. The topological polar surface area (TPSA) is 41.1 Å². The van der Waals surface area contributed by atoms with Crippen LogP contribution in [0, 0.1) is 0 Å². The molecule has 2 heterocycles. The summed E-state index contributed by atoms with van der Waals surface area (Å²) in [6.45, 7) is 2.13. The lowest BCUT2D eigenvalue weighted by atomic mass is 10.1. The summed E-state index contributed by atoms with van der Waals surface area (Å²) in [5.74, 6) is 0.892. The van der Waals surface area contributed by atoms with E-state index in [4.69, 9.17) is 11.6 Å². The molecule has 0 aliphatic carbocycles. The minimum Gasteiger partial charge on any atom is -0.355 e. The van der Waals surface area contributed by atoms with Gasteiger partial charge in [0.25, 0.3) is 0 Å². The number of rotatable bonds is 2. The molecule has 0 bridgehead atoms. The summed E-state index contributed by atoms with van der Waals surface area (Å²) in [6, 6.07) is 2.39. The van der Waals surface area contributed by atoms with Gasteiger partial charge in [-0.05, 0) is 37.1 Å². The maximum atomic E-state index is 5.76. The first kappa shape index (κ1) is 10.6. The SMILES string of the molecule is CN(c1ccnc(Cl)n1)C1CCCNC1. The van der Waals surface area contributed by atoms with Gasteiger partial charge in [-0.15, -0.1) is 0 Å². The van der Waals surface area contributed by atoms with Gasteiger partial charge in [0, 0.05) is 25.8 Å². The summed E-state index contributed by atoms with van der Waals surface area (Å²) in [7, 11) is 2.05. The molecule has 1 aromatic rings. The van der Waals surface area contributed by atoms with Gasteiger partial charge in [-0.25, -0.2) is 9.97 Å². The van der Waals surface area contributed by atoms with Gasteiger partial charge in [0.15, 0.2) is 0 Å². The Bertz CT molecular complexity index is 325. The van der Waals surface area contributed by atoms with Crippen LogP contribution in [0.25, 0.3) is 0 Å². The zero-order valence-electron chi connectivity index (χ0n) is 8.78. The van der Waals surface area contributed by atoms with Gasteiger partial charge in [-0.2, -0.15) is 0 Å². The number of likely N-dealkylation sites (N-methyl/N-ethyl adjacent to an activating group) is 1. The second kappa shape index (κ2) is 4.77. The molecule has 15 heavy (non-hydrogen) atoms. The average Bonchev–Trinajstić information content (AvgIpc) is 2.29. The molecular weight excluding hydrogens is 212 g/mol. The van der Waals surface area contributed by atoms with Gasteiger partial charge in [0.05, 0.1) is 0 Å². The van der Waals surface area contributed by atoms with Gasteiger partial charge < -0.3 is 10.2 Å². The van der Waals surface area contributed by atoms with E-state index in [2.05, 4.69) is 27.2 Å². The lowest BCUT2D eigenvalue weighted by Crippen LogP contribution is -2.44. The molecular formula is C10H15ClN4. The highest BCUT2D eigenvalue weighted by Crippen LogP contribution is 2.17. The quantitative estimate of drug-likeness (QED) is 0.773. The Morgan fingerprint density at radius 3 is 3.13 bits per heavy atom. The second-order valence-corrected chi connectivity index (χ2v) is 4.13. The van der Waals surface area contributed by atoms with Crippen molar-refractivity contribution in [3.05, 3.63) is 17.5 Å². The first-order valence-corrected chi connectivity index (χ1v) is 5.57. The van der Waals surface area contributed by atoms with Crippen LogP contribution in [0.2, 0.25) is 5.28 Å². The largest absolute Gasteiger partial charge is 0.355 e. The van der Waals surface area contributed by atoms with Crippen LogP contribution in [0.4, 0.5) is 5.82 Å². The van der Waals surface area contributed by atoms with E-state index in [0.717, 1.165) is 18.9 Å². The van der Waals surface area contributed by atoms with Gasteiger partial charge in [-0.3, -0.25) is 0 Å². The fourth-order valence-electron chi connectivity index (χ4n) is 1.87. The van der Waals surface area contributed by atoms with Gasteiger partial charge >= 0.3 is 0 Å². The number of anilines is 1. The lowest BCUT2D eigenvalue weighted by Gasteiger charge is -2.32. The maximum absolute atomic E-state index is 5.76. The van der Waals surface area contributed by atoms with Crippen molar-refractivity contribution < 1.29 is 0 Å². The Hall–Kier alpha value is -0.870. The van der Waals surface area contributed by atoms with Crippen molar-refractivity contribution in [2.45, 2.75) is 18.9 Å². The van der Waals surface area contributed by atoms with Crippen molar-refractivity contribution in [1.29, 1.82) is 0 Å². The molecule has 1 aromatic heterocycles. The van der Waals surface area contributed by atoms with Crippen LogP contribution in [0.15, 0.2) is 12.3 Å². The van der Waals surface area contributed by atoms with Crippen LogP contribution >= 0.6 is 11.6 Å². The zero-order chi connectivity index (χ0) is 10.7. The van der Waals surface area contributed by atoms with Crippen LogP contribution in [0.1, 0.15) is 12.8 Å². The summed E-state index contributed by atoms with van der Waals surface area (Å²) in [4.78, 5) is 10.2. The summed E-state index contributed by atoms with van der Waals surface area (Å²) in [5.41, 5.74) is 0. The number of piperidine rings is 1. The van der Waals surface area contributed by atoms with Gasteiger partial charge in [-0.1, -0.05) is 0 Å². The Balaban J connectivity index is 2.08. The third kappa shape index (κ3) is 2.58. The van der Waals surface area contributed by atoms with Crippen LogP contribution in [-0.4, -0.2) is 36.1 Å². The van der Waals surface area contributed by atoms with E-state index in [0.29, 0.717) is 11.3 Å². The Kier molecular flexibility index (Phi) is 3.38. The molecule has 1 unspecified atom stereocenters. The van der Waals surface area contributed by atoms with E-state index in [1.165, 1.54) is 12.8 Å². The molecule has 1 N–H and O–H groups in total. The predicted octanol–water partition coefficient (Wildman–Crippen LogP) is 1.32. The standard InChI is InChI=1S/C10H15ClN4/c1-15(8-3-2-5-12-7-8)9-4-6-13-10(11)14-9/h4,6,8,12H,2-3,5,7H2,1H3. The van der Waals surface area contributed by atoms with Crippen molar-refractivity contribution >= 4 is 17.4 Å². The molecule has 2 rings (SSSR count). The summed E-state index contributed by atoms with van der Waals surface area (Å²) < 4.78 is 0. The number of nitrogens with one attached hydrogen (secondary N) is 1. The third-order valence-corrected chi connectivity index (χ3v) is 2.97. The van der Waals surface area contributed by atoms with E-state index in [9.17, 15) is 0 Å². The Labute approximate surface area is 94.7 Å². The first-order valence-electron chi connectivity index (χ1n) is 5.19. The van der Waals surface area contributed by atoms with Crippen LogP contribution < -0.4 is 10.2 Å². The Morgan fingerprint density at radius 2 is 2.47 bits per heavy atom. The van der Waals surface area contributed by atoms with Crippen molar-refractivity contribution in [3.8, 4) is 0 Å². The smallest absolute Gasteiger partial charge is 0.224 e. The maximum Gasteiger partial charge on any atom is 0.224 e. The fourth-order valence-corrected chi connectivity index (χ4v) is 2.02. The molecule has 0 aromatic carbocycles. The summed E-state index contributed by atoms with van der Waals surface area (Å²) >= 11 is 5.76. The highest BCUT2D eigenvalue weighted by Gasteiger charge is 2.18. The fraction of sp³-hybridized carbons (Fsp3) is 0.600. The molecule has 1 fully saturated rings. The van der Waals surface area contributed by atoms with E-state index in [1.807, 2.05) is 6.07 Å². The minimum atomic E-state index is 0.308. The number of aromatic nitrogens is 2. The number of nitrogens with zero attached hydrogens (tertiary/aromatic N) is 3. The lowest BCUT2D eigenvalue weighted by molar-refractivity contribution is 0.443. The van der Waals surface area contributed by atoms with E-state index < -0.39 is 0 Å². The van der Waals surface area contributed by atoms with Gasteiger partial charge in [0.1, 0.15) is 5.82 Å². The van der Waals surface area contributed by atoms with E-state index >= 15 is 0 Å². The van der Waals surface area contributed by atoms with Crippen molar-refractivity contribution in [3.63, 3.8) is 0 Å². The number of hydrogen-bond acceptors (Lipinski definition) is 4. The summed E-state index contributed by atoms with van der Waals surface area (Å²) in [5, 5.41) is 3.69. The van der Waals surface area contributed by atoms with Crippen LogP contribution in [-0.2, 0) is 0 Å². The van der Waals surface area contributed by atoms with Crippen molar-refractivity contribution in [2.75, 3.05) is 25.0 Å². The molecule has 0 radical (unpaired) electrons. The molecule has 0 amide bonds. The van der Waals surface area contributed by atoms with Crippen molar-refractivity contribution in [1.82, 2.24) is 15.3 Å². The Morgan fingerprint density at radius 1 is 1.60 bits per heavy atom. The molecule has 4 nitrogen and oxygen atoms in total. The monoisotopic (exact) mass is 226 g/mol. The minimum absolute atomic E-state index is 0.308. The third-order valence-electron chi connectivity index (χ3n) is 2.79. The van der Waals surface area contributed by atoms with Crippen LogP contribution in [0.3, 0.4) is 0 Å². The average molecular weight is 227 g/mol. The highest BCUT2D eigenvalue weighted by molar-refractivity contribution is 6.28. The molecule has 82 valence electrons. The second-order valence-electron chi connectivity index (χ2n) is 3.79. The molecule has 1 aliphatic heterocycles. The zero-order valence-corrected chi connectivity index (χ0v) is 9.54.